The van der Waals surface area contributed by atoms with Crippen LogP contribution in [0.2, 0.25) is 0 Å². The first-order valence-corrected chi connectivity index (χ1v) is 11.5. The lowest BCUT2D eigenvalue weighted by molar-refractivity contribution is 0.341. The van der Waals surface area contributed by atoms with Crippen molar-refractivity contribution in [1.29, 1.82) is 5.26 Å². The molecule has 28 heavy (non-hydrogen) atoms. The maximum atomic E-state index is 12.7. The number of nitrogens with two attached hydrogens (primary N) is 1. The summed E-state index contributed by atoms with van der Waals surface area (Å²) in [5.74, 6) is 0.493. The molecule has 1 heterocycles. The van der Waals surface area contributed by atoms with Gasteiger partial charge in [0.2, 0.25) is 0 Å². The van der Waals surface area contributed by atoms with Crippen LogP contribution in [0.1, 0.15) is 33.3 Å². The van der Waals surface area contributed by atoms with E-state index >= 15 is 0 Å². The summed E-state index contributed by atoms with van der Waals surface area (Å²) in [4.78, 5) is 0. The lowest BCUT2D eigenvalue weighted by Gasteiger charge is -2.28. The van der Waals surface area contributed by atoms with Crippen LogP contribution in [0.15, 0.2) is 36.4 Å². The van der Waals surface area contributed by atoms with E-state index in [-0.39, 0.29) is 5.75 Å². The maximum absolute atomic E-state index is 12.7. The van der Waals surface area contributed by atoms with E-state index in [4.69, 9.17) is 10.5 Å². The molecule has 0 saturated carbocycles. The number of fused-ring (bicyclic) bond motifs is 3. The van der Waals surface area contributed by atoms with Gasteiger partial charge >= 0.3 is 0 Å². The fraction of sp³-hybridized carbons (Fsp3) is 0.381. The van der Waals surface area contributed by atoms with Crippen LogP contribution in [0.5, 0.6) is 5.75 Å². The van der Waals surface area contributed by atoms with Crippen molar-refractivity contribution < 1.29 is 13.2 Å². The summed E-state index contributed by atoms with van der Waals surface area (Å²) in [7, 11) is -3.72. The van der Waals surface area contributed by atoms with Crippen molar-refractivity contribution in [2.45, 2.75) is 38.0 Å². The fourth-order valence-corrected chi connectivity index (χ4v) is 5.62. The van der Waals surface area contributed by atoms with E-state index in [1.54, 1.807) is 18.3 Å². The SMILES string of the molecule is CCOc1ccc2sc3ccc([C@@](C)(N)CS(=O)(=O)C(C)(C)C#N)cc3c2c1. The minimum Gasteiger partial charge on any atom is -0.494 e. The Morgan fingerprint density at radius 1 is 1.11 bits per heavy atom. The lowest BCUT2D eigenvalue weighted by Crippen LogP contribution is -2.45. The van der Waals surface area contributed by atoms with E-state index in [1.807, 2.05) is 49.4 Å². The fourth-order valence-electron chi connectivity index (χ4n) is 3.10. The average Bonchev–Trinajstić information content (AvgIpc) is 2.98. The van der Waals surface area contributed by atoms with Gasteiger partial charge in [0, 0.05) is 20.2 Å². The van der Waals surface area contributed by atoms with Crippen LogP contribution in [-0.2, 0) is 15.4 Å². The van der Waals surface area contributed by atoms with Crippen molar-refractivity contribution in [3.8, 4) is 11.8 Å². The van der Waals surface area contributed by atoms with E-state index in [0.717, 1.165) is 31.5 Å². The molecule has 0 spiro atoms. The van der Waals surface area contributed by atoms with Crippen molar-refractivity contribution >= 4 is 41.3 Å². The zero-order valence-corrected chi connectivity index (χ0v) is 18.1. The monoisotopic (exact) mass is 416 g/mol. The minimum atomic E-state index is -3.72. The lowest BCUT2D eigenvalue weighted by atomic mass is 9.94. The van der Waals surface area contributed by atoms with Crippen molar-refractivity contribution in [1.82, 2.24) is 0 Å². The minimum absolute atomic E-state index is 0.307. The Bertz CT molecular complexity index is 1190. The highest BCUT2D eigenvalue weighted by Crippen LogP contribution is 2.38. The summed E-state index contributed by atoms with van der Waals surface area (Å²) in [6, 6.07) is 13.7. The second-order valence-electron chi connectivity index (χ2n) is 7.70. The van der Waals surface area contributed by atoms with Crippen LogP contribution >= 0.6 is 11.3 Å². The van der Waals surface area contributed by atoms with Gasteiger partial charge < -0.3 is 10.5 Å². The molecule has 0 radical (unpaired) electrons. The zero-order valence-electron chi connectivity index (χ0n) is 16.4. The van der Waals surface area contributed by atoms with Crippen molar-refractivity contribution in [2.24, 2.45) is 5.73 Å². The molecule has 3 aromatic rings. The third kappa shape index (κ3) is 3.60. The van der Waals surface area contributed by atoms with E-state index < -0.39 is 20.1 Å². The highest BCUT2D eigenvalue weighted by Gasteiger charge is 2.40. The topological polar surface area (TPSA) is 93.2 Å². The van der Waals surface area contributed by atoms with Gasteiger partial charge in [0.05, 0.1) is 24.0 Å². The Labute approximate surface area is 169 Å². The number of ether oxygens (including phenoxy) is 1. The number of benzene rings is 2. The van der Waals surface area contributed by atoms with Gasteiger partial charge in [0.25, 0.3) is 0 Å². The molecule has 0 aliphatic carbocycles. The molecule has 7 heteroatoms. The predicted molar refractivity (Wildman–Crippen MR) is 116 cm³/mol. The molecular weight excluding hydrogens is 392 g/mol. The molecule has 0 unspecified atom stereocenters. The van der Waals surface area contributed by atoms with E-state index in [9.17, 15) is 13.7 Å². The average molecular weight is 417 g/mol. The molecule has 0 aliphatic rings. The largest absolute Gasteiger partial charge is 0.494 e. The van der Waals surface area contributed by atoms with Crippen molar-refractivity contribution in [3.05, 3.63) is 42.0 Å². The van der Waals surface area contributed by atoms with E-state index in [1.165, 1.54) is 13.8 Å². The Morgan fingerprint density at radius 2 is 1.71 bits per heavy atom. The number of hydrogen-bond acceptors (Lipinski definition) is 6. The van der Waals surface area contributed by atoms with Gasteiger partial charge in [-0.15, -0.1) is 11.3 Å². The van der Waals surface area contributed by atoms with E-state index in [2.05, 4.69) is 0 Å². The Kier molecular flexibility index (Phi) is 5.17. The highest BCUT2D eigenvalue weighted by atomic mass is 32.2. The summed E-state index contributed by atoms with van der Waals surface area (Å²) in [6.45, 7) is 7.04. The quantitative estimate of drug-likeness (QED) is 0.645. The van der Waals surface area contributed by atoms with E-state index in [0.29, 0.717) is 6.61 Å². The van der Waals surface area contributed by atoms with Gasteiger partial charge in [-0.3, -0.25) is 0 Å². The van der Waals surface area contributed by atoms with Crippen LogP contribution in [-0.4, -0.2) is 25.5 Å². The molecule has 1 atom stereocenters. The van der Waals surface area contributed by atoms with Crippen LogP contribution in [0.25, 0.3) is 20.2 Å². The Hall–Kier alpha value is -2.14. The molecule has 5 nitrogen and oxygen atoms in total. The van der Waals surface area contributed by atoms with Gasteiger partial charge in [-0.25, -0.2) is 8.42 Å². The van der Waals surface area contributed by atoms with Crippen LogP contribution in [0.3, 0.4) is 0 Å². The number of rotatable bonds is 6. The van der Waals surface area contributed by atoms with Gasteiger partial charge in [0.15, 0.2) is 14.6 Å². The van der Waals surface area contributed by atoms with Gasteiger partial charge in [-0.1, -0.05) is 6.07 Å². The molecule has 0 amide bonds. The molecule has 3 rings (SSSR count). The van der Waals surface area contributed by atoms with Crippen molar-refractivity contribution in [3.63, 3.8) is 0 Å². The van der Waals surface area contributed by atoms with Crippen LogP contribution in [0, 0.1) is 11.3 Å². The molecule has 0 fully saturated rings. The normalized spacial score (nSPS) is 14.7. The third-order valence-electron chi connectivity index (χ3n) is 4.95. The Morgan fingerprint density at radius 3 is 2.32 bits per heavy atom. The number of sulfone groups is 1. The predicted octanol–water partition coefficient (Wildman–Crippen LogP) is 4.34. The third-order valence-corrected chi connectivity index (χ3v) is 8.73. The summed E-state index contributed by atoms with van der Waals surface area (Å²) in [5, 5.41) is 11.3. The molecule has 148 valence electrons. The number of hydrogen-bond donors (Lipinski definition) is 1. The first-order chi connectivity index (χ1) is 13.0. The summed E-state index contributed by atoms with van der Waals surface area (Å²) in [6.07, 6.45) is 0. The second kappa shape index (κ2) is 7.03. The van der Waals surface area contributed by atoms with Gasteiger partial charge in [-0.2, -0.15) is 5.26 Å². The second-order valence-corrected chi connectivity index (χ2v) is 11.3. The number of nitrogens with zero attached hydrogens (tertiary/aromatic N) is 1. The molecule has 0 saturated heterocycles. The number of nitriles is 1. The zero-order chi connectivity index (χ0) is 20.7. The molecule has 0 aliphatic heterocycles. The first-order valence-electron chi connectivity index (χ1n) is 9.03. The highest BCUT2D eigenvalue weighted by molar-refractivity contribution is 7.93. The van der Waals surface area contributed by atoms with Crippen LogP contribution < -0.4 is 10.5 Å². The smallest absolute Gasteiger partial charge is 0.170 e. The summed E-state index contributed by atoms with van der Waals surface area (Å²) < 4.78 is 31.8. The molecule has 0 bridgehead atoms. The molecule has 2 aromatic carbocycles. The summed E-state index contributed by atoms with van der Waals surface area (Å²) in [5.41, 5.74) is 6.05. The Balaban J connectivity index is 2.09. The first kappa shape index (κ1) is 20.6. The molecule has 2 N–H and O–H groups in total. The molecular formula is C21H24N2O3S2. The standard InChI is InChI=1S/C21H24N2O3S2/c1-5-26-15-7-9-19-17(11-15)16-10-14(6-8-18(16)27-19)21(4,23)13-28(24,25)20(2,3)12-22/h6-11H,5,13,23H2,1-4H3/t21-/m0/s1. The van der Waals surface area contributed by atoms with Gasteiger partial charge in [0.1, 0.15) is 5.75 Å². The molecule has 1 aromatic heterocycles. The summed E-state index contributed by atoms with van der Waals surface area (Å²) >= 11 is 1.67. The van der Waals surface area contributed by atoms with Gasteiger partial charge in [-0.05, 0) is 63.6 Å². The maximum Gasteiger partial charge on any atom is 0.170 e. The van der Waals surface area contributed by atoms with Crippen molar-refractivity contribution in [2.75, 3.05) is 12.4 Å². The number of thiophene rings is 1. The van der Waals surface area contributed by atoms with Crippen LogP contribution in [0.4, 0.5) is 0 Å².